The van der Waals surface area contributed by atoms with Crippen LogP contribution in [0.3, 0.4) is 0 Å². The van der Waals surface area contributed by atoms with E-state index in [1.165, 1.54) is 0 Å². The van der Waals surface area contributed by atoms with Crippen LogP contribution in [0.15, 0.2) is 41.7 Å². The molecule has 1 aromatic heterocycles. The monoisotopic (exact) mass is 273 g/mol. The van der Waals surface area contributed by atoms with Crippen molar-refractivity contribution in [3.05, 3.63) is 47.8 Å². The summed E-state index contributed by atoms with van der Waals surface area (Å²) < 4.78 is 1.80. The van der Waals surface area contributed by atoms with E-state index in [2.05, 4.69) is 10.3 Å². The maximum absolute atomic E-state index is 10.4. The number of rotatable bonds is 5. The Morgan fingerprint density at radius 2 is 2.10 bits per heavy atom. The average Bonchev–Trinajstić information content (AvgIpc) is 2.81. The Labute approximate surface area is 116 Å². The molecule has 1 heterocycles. The van der Waals surface area contributed by atoms with Crippen LogP contribution in [-0.4, -0.2) is 33.2 Å². The molecule has 20 heavy (non-hydrogen) atoms. The lowest BCUT2D eigenvalue weighted by atomic mass is 10.2. The van der Waals surface area contributed by atoms with Gasteiger partial charge in [-0.2, -0.15) is 5.10 Å². The zero-order chi connectivity index (χ0) is 14.5. The smallest absolute Gasteiger partial charge is 0.344 e. The highest BCUT2D eigenvalue weighted by Crippen LogP contribution is 2.14. The zero-order valence-corrected chi connectivity index (χ0v) is 11.3. The highest BCUT2D eigenvalue weighted by molar-refractivity contribution is 5.99. The van der Waals surface area contributed by atoms with Gasteiger partial charge < -0.3 is 9.94 Å². The first-order chi connectivity index (χ1) is 9.59. The van der Waals surface area contributed by atoms with Gasteiger partial charge in [-0.05, 0) is 26.0 Å². The highest BCUT2D eigenvalue weighted by atomic mass is 16.6. The summed E-state index contributed by atoms with van der Waals surface area (Å²) in [6.07, 6.45) is 1.69. The standard InChI is InChI=1S/C14H15N3O3/c1-10(16-20-9-14(18)19)13-8-15-17(11(13)2)12-6-4-3-5-7-12/h3-8H,9H2,1-2H3,(H,18,19)/b16-10+. The molecule has 0 atom stereocenters. The number of para-hydroxylation sites is 1. The average molecular weight is 273 g/mol. The summed E-state index contributed by atoms with van der Waals surface area (Å²) in [5, 5.41) is 16.6. The molecule has 0 bridgehead atoms. The number of benzene rings is 1. The number of hydrogen-bond acceptors (Lipinski definition) is 4. The highest BCUT2D eigenvalue weighted by Gasteiger charge is 2.10. The molecule has 1 N–H and O–H groups in total. The molecule has 0 aliphatic heterocycles. The Balaban J connectivity index is 2.23. The summed E-state index contributed by atoms with van der Waals surface area (Å²) in [5.74, 6) is -1.06. The molecule has 0 aliphatic rings. The molecule has 0 amide bonds. The largest absolute Gasteiger partial charge is 0.479 e. The van der Waals surface area contributed by atoms with Crippen molar-refractivity contribution < 1.29 is 14.7 Å². The van der Waals surface area contributed by atoms with Crippen molar-refractivity contribution in [2.45, 2.75) is 13.8 Å². The van der Waals surface area contributed by atoms with Crippen LogP contribution >= 0.6 is 0 Å². The number of carboxylic acid groups (broad SMARTS) is 1. The van der Waals surface area contributed by atoms with Crippen LogP contribution in [-0.2, 0) is 9.63 Å². The number of carbonyl (C=O) groups is 1. The number of oxime groups is 1. The minimum Gasteiger partial charge on any atom is -0.479 e. The zero-order valence-electron chi connectivity index (χ0n) is 11.3. The van der Waals surface area contributed by atoms with Crippen molar-refractivity contribution in [3.8, 4) is 5.69 Å². The SMILES string of the molecule is C/C(=N\OCC(=O)O)c1cnn(-c2ccccc2)c1C. The van der Waals surface area contributed by atoms with Crippen LogP contribution in [0.25, 0.3) is 5.69 Å². The second-order valence-corrected chi connectivity index (χ2v) is 4.23. The van der Waals surface area contributed by atoms with Gasteiger partial charge in [-0.15, -0.1) is 0 Å². The van der Waals surface area contributed by atoms with E-state index in [0.717, 1.165) is 16.9 Å². The number of carboxylic acids is 1. The number of aromatic nitrogens is 2. The topological polar surface area (TPSA) is 76.7 Å². The van der Waals surface area contributed by atoms with Crippen LogP contribution in [0.5, 0.6) is 0 Å². The van der Waals surface area contributed by atoms with Gasteiger partial charge in [-0.1, -0.05) is 23.4 Å². The van der Waals surface area contributed by atoms with Crippen molar-refractivity contribution in [1.82, 2.24) is 9.78 Å². The van der Waals surface area contributed by atoms with E-state index >= 15 is 0 Å². The first-order valence-electron chi connectivity index (χ1n) is 6.08. The van der Waals surface area contributed by atoms with E-state index in [1.807, 2.05) is 37.3 Å². The molecule has 2 aromatic rings. The first-order valence-corrected chi connectivity index (χ1v) is 6.08. The van der Waals surface area contributed by atoms with Gasteiger partial charge >= 0.3 is 5.97 Å². The normalized spacial score (nSPS) is 11.4. The Morgan fingerprint density at radius 3 is 2.75 bits per heavy atom. The minimum absolute atomic E-state index is 0.455. The molecular weight excluding hydrogens is 258 g/mol. The number of aliphatic carboxylic acids is 1. The van der Waals surface area contributed by atoms with Crippen molar-refractivity contribution in [1.29, 1.82) is 0 Å². The first kappa shape index (κ1) is 13.8. The quantitative estimate of drug-likeness (QED) is 0.667. The summed E-state index contributed by atoms with van der Waals surface area (Å²) in [5.41, 5.74) is 3.28. The minimum atomic E-state index is -1.06. The molecule has 0 unspecified atom stereocenters. The molecule has 0 spiro atoms. The van der Waals surface area contributed by atoms with Gasteiger partial charge in [-0.25, -0.2) is 9.48 Å². The predicted molar refractivity (Wildman–Crippen MR) is 74.1 cm³/mol. The Bertz CT molecular complexity index is 632. The third-order valence-corrected chi connectivity index (χ3v) is 2.79. The fourth-order valence-electron chi connectivity index (χ4n) is 1.83. The van der Waals surface area contributed by atoms with Crippen LogP contribution in [0.1, 0.15) is 18.2 Å². The lowest BCUT2D eigenvalue weighted by Crippen LogP contribution is -2.06. The Hall–Kier alpha value is -2.63. The van der Waals surface area contributed by atoms with Crippen LogP contribution in [0, 0.1) is 6.92 Å². The second kappa shape index (κ2) is 6.01. The van der Waals surface area contributed by atoms with Gasteiger partial charge in [0.1, 0.15) is 0 Å². The summed E-state index contributed by atoms with van der Waals surface area (Å²) in [4.78, 5) is 15.1. The van der Waals surface area contributed by atoms with Gasteiger partial charge in [-0.3, -0.25) is 0 Å². The van der Waals surface area contributed by atoms with Gasteiger partial charge in [0.25, 0.3) is 0 Å². The third kappa shape index (κ3) is 3.03. The molecule has 104 valence electrons. The number of nitrogens with zero attached hydrogens (tertiary/aromatic N) is 3. The maximum Gasteiger partial charge on any atom is 0.344 e. The van der Waals surface area contributed by atoms with Crippen LogP contribution < -0.4 is 0 Å². The molecule has 0 aliphatic carbocycles. The molecule has 0 saturated heterocycles. The van der Waals surface area contributed by atoms with Crippen LogP contribution in [0.2, 0.25) is 0 Å². The van der Waals surface area contributed by atoms with E-state index in [0.29, 0.717) is 5.71 Å². The molecule has 0 radical (unpaired) electrons. The lowest BCUT2D eigenvalue weighted by Gasteiger charge is -2.05. The van der Waals surface area contributed by atoms with Crippen LogP contribution in [0.4, 0.5) is 0 Å². The Kier molecular flexibility index (Phi) is 4.14. The van der Waals surface area contributed by atoms with E-state index in [1.54, 1.807) is 17.8 Å². The predicted octanol–water partition coefficient (Wildman–Crippen LogP) is 2.01. The third-order valence-electron chi connectivity index (χ3n) is 2.79. The van der Waals surface area contributed by atoms with Gasteiger partial charge in [0.15, 0.2) is 0 Å². The van der Waals surface area contributed by atoms with Gasteiger partial charge in [0.2, 0.25) is 6.61 Å². The van der Waals surface area contributed by atoms with Gasteiger partial charge in [0, 0.05) is 5.56 Å². The van der Waals surface area contributed by atoms with E-state index in [4.69, 9.17) is 9.94 Å². The number of hydrogen-bond donors (Lipinski definition) is 1. The summed E-state index contributed by atoms with van der Waals surface area (Å²) >= 11 is 0. The van der Waals surface area contributed by atoms with E-state index in [-0.39, 0.29) is 0 Å². The van der Waals surface area contributed by atoms with E-state index in [9.17, 15) is 4.79 Å². The fraction of sp³-hybridized carbons (Fsp3) is 0.214. The summed E-state index contributed by atoms with van der Waals surface area (Å²) in [6.45, 7) is 3.22. The molecule has 6 nitrogen and oxygen atoms in total. The molecular formula is C14H15N3O3. The molecule has 6 heteroatoms. The molecule has 0 fully saturated rings. The van der Waals surface area contributed by atoms with Crippen molar-refractivity contribution in [2.75, 3.05) is 6.61 Å². The lowest BCUT2D eigenvalue weighted by molar-refractivity contribution is -0.142. The van der Waals surface area contributed by atoms with E-state index < -0.39 is 12.6 Å². The molecule has 2 rings (SSSR count). The maximum atomic E-state index is 10.4. The van der Waals surface area contributed by atoms with Crippen molar-refractivity contribution in [3.63, 3.8) is 0 Å². The van der Waals surface area contributed by atoms with Crippen molar-refractivity contribution in [2.24, 2.45) is 5.16 Å². The molecule has 1 aromatic carbocycles. The van der Waals surface area contributed by atoms with Gasteiger partial charge in [0.05, 0.1) is 23.3 Å². The summed E-state index contributed by atoms with van der Waals surface area (Å²) in [7, 11) is 0. The molecule has 0 saturated carbocycles. The Morgan fingerprint density at radius 1 is 1.40 bits per heavy atom. The second-order valence-electron chi connectivity index (χ2n) is 4.23. The summed E-state index contributed by atoms with van der Waals surface area (Å²) in [6, 6.07) is 9.73. The fourth-order valence-corrected chi connectivity index (χ4v) is 1.83. The van der Waals surface area contributed by atoms with Crippen molar-refractivity contribution >= 4 is 11.7 Å².